The van der Waals surface area contributed by atoms with E-state index in [1.165, 1.54) is 0 Å². The fourth-order valence-electron chi connectivity index (χ4n) is 1.20. The Morgan fingerprint density at radius 2 is 1.83 bits per heavy atom. The third-order valence-corrected chi connectivity index (χ3v) is 3.33. The fraction of sp³-hybridized carbons (Fsp3) is 0.750. The maximum atomic E-state index is 5.80. The van der Waals surface area contributed by atoms with Gasteiger partial charge in [-0.2, -0.15) is 0 Å². The van der Waals surface area contributed by atoms with Gasteiger partial charge in [0.1, 0.15) is 10.0 Å². The number of nitrogens with zero attached hydrogens (tertiary/aromatic N) is 3. The van der Waals surface area contributed by atoms with Gasteiger partial charge in [-0.1, -0.05) is 32.1 Å². The van der Waals surface area contributed by atoms with Gasteiger partial charge in [-0.05, 0) is 20.8 Å². The van der Waals surface area contributed by atoms with Gasteiger partial charge in [-0.15, -0.1) is 10.2 Å². The van der Waals surface area contributed by atoms with Crippen LogP contribution in [0.15, 0.2) is 4.99 Å². The number of hydrogen-bond acceptors (Lipinski definition) is 4. The van der Waals surface area contributed by atoms with Gasteiger partial charge in [-0.3, -0.25) is 0 Å². The van der Waals surface area contributed by atoms with E-state index in [9.17, 15) is 0 Å². The summed E-state index contributed by atoms with van der Waals surface area (Å²) in [5, 5.41) is 13.3. The highest BCUT2D eigenvalue weighted by Crippen LogP contribution is 2.25. The van der Waals surface area contributed by atoms with Crippen LogP contribution in [-0.2, 0) is 12.0 Å². The van der Waals surface area contributed by atoms with Crippen LogP contribution in [0, 0.1) is 0 Å². The molecule has 0 amide bonds. The Balaban J connectivity index is 2.64. The predicted octanol–water partition coefficient (Wildman–Crippen LogP) is 2.04. The predicted molar refractivity (Wildman–Crippen MR) is 76.8 cm³/mol. The van der Waals surface area contributed by atoms with Gasteiger partial charge >= 0.3 is 0 Å². The highest BCUT2D eigenvalue weighted by atomic mass is 32.1. The molecule has 5 nitrogen and oxygen atoms in total. The number of nitrogens with one attached hydrogen (secondary N) is 1. The van der Waals surface area contributed by atoms with Crippen LogP contribution in [-0.4, -0.2) is 21.7 Å². The topological polar surface area (TPSA) is 76.2 Å². The van der Waals surface area contributed by atoms with Crippen molar-refractivity contribution in [2.45, 2.75) is 59.0 Å². The zero-order chi connectivity index (χ0) is 14.0. The molecule has 0 spiro atoms. The fourth-order valence-corrected chi connectivity index (χ4v) is 2.02. The molecule has 6 heteroatoms. The zero-order valence-electron chi connectivity index (χ0n) is 12.0. The molecule has 0 aliphatic rings. The molecule has 0 bridgehead atoms. The SMILES string of the molecule is CC(C)(C)NC(N)=NCc1nnc(C(C)(C)C)s1. The Labute approximate surface area is 113 Å². The third kappa shape index (κ3) is 5.00. The van der Waals surface area contributed by atoms with Gasteiger partial charge in [0.15, 0.2) is 5.96 Å². The minimum atomic E-state index is -0.0781. The first-order valence-corrected chi connectivity index (χ1v) is 6.80. The van der Waals surface area contributed by atoms with Crippen molar-refractivity contribution in [2.24, 2.45) is 10.7 Å². The van der Waals surface area contributed by atoms with Crippen LogP contribution < -0.4 is 11.1 Å². The Bertz CT molecular complexity index is 422. The average molecular weight is 269 g/mol. The molecule has 0 aromatic carbocycles. The van der Waals surface area contributed by atoms with Crippen molar-refractivity contribution >= 4 is 17.3 Å². The van der Waals surface area contributed by atoms with Crippen molar-refractivity contribution in [1.29, 1.82) is 0 Å². The van der Waals surface area contributed by atoms with E-state index in [0.717, 1.165) is 10.0 Å². The molecule has 1 heterocycles. The van der Waals surface area contributed by atoms with Gasteiger partial charge in [0.05, 0.1) is 6.54 Å². The first kappa shape index (κ1) is 14.9. The van der Waals surface area contributed by atoms with E-state index in [2.05, 4.69) is 41.3 Å². The molecule has 102 valence electrons. The molecule has 0 aliphatic heterocycles. The number of aromatic nitrogens is 2. The maximum absolute atomic E-state index is 5.80. The molecule has 18 heavy (non-hydrogen) atoms. The minimum Gasteiger partial charge on any atom is -0.370 e. The van der Waals surface area contributed by atoms with Crippen molar-refractivity contribution in [1.82, 2.24) is 15.5 Å². The summed E-state index contributed by atoms with van der Waals surface area (Å²) in [7, 11) is 0. The molecule has 0 saturated heterocycles. The van der Waals surface area contributed by atoms with Gasteiger partial charge in [0, 0.05) is 11.0 Å². The molecule has 0 saturated carbocycles. The smallest absolute Gasteiger partial charge is 0.189 e. The van der Waals surface area contributed by atoms with Gasteiger partial charge in [0.25, 0.3) is 0 Å². The van der Waals surface area contributed by atoms with Gasteiger partial charge < -0.3 is 11.1 Å². The number of nitrogens with two attached hydrogens (primary N) is 1. The molecular weight excluding hydrogens is 246 g/mol. The van der Waals surface area contributed by atoms with Crippen LogP contribution in [0.4, 0.5) is 0 Å². The second-order valence-electron chi connectivity index (χ2n) is 6.33. The summed E-state index contributed by atoms with van der Waals surface area (Å²) in [6, 6.07) is 0. The monoisotopic (exact) mass is 269 g/mol. The van der Waals surface area contributed by atoms with Crippen molar-refractivity contribution in [3.8, 4) is 0 Å². The lowest BCUT2D eigenvalue weighted by atomic mass is 9.98. The lowest BCUT2D eigenvalue weighted by molar-refractivity contribution is 0.508. The van der Waals surface area contributed by atoms with Crippen LogP contribution in [0.5, 0.6) is 0 Å². The molecular formula is C12H23N5S. The molecule has 1 rings (SSSR count). The summed E-state index contributed by atoms with van der Waals surface area (Å²) >= 11 is 1.59. The molecule has 0 radical (unpaired) electrons. The van der Waals surface area contributed by atoms with Crippen molar-refractivity contribution in [3.63, 3.8) is 0 Å². The number of rotatable bonds is 2. The van der Waals surface area contributed by atoms with E-state index < -0.39 is 0 Å². The first-order valence-electron chi connectivity index (χ1n) is 5.99. The van der Waals surface area contributed by atoms with Crippen LogP contribution in [0.1, 0.15) is 51.6 Å². The summed E-state index contributed by atoms with van der Waals surface area (Å²) < 4.78 is 0. The second kappa shape index (κ2) is 5.22. The Kier molecular flexibility index (Phi) is 4.32. The number of aliphatic imine (C=N–C) groups is 1. The maximum Gasteiger partial charge on any atom is 0.189 e. The van der Waals surface area contributed by atoms with Gasteiger partial charge in [0.2, 0.25) is 0 Å². The molecule has 0 unspecified atom stereocenters. The third-order valence-electron chi connectivity index (χ3n) is 2.00. The van der Waals surface area contributed by atoms with Crippen LogP contribution in [0.2, 0.25) is 0 Å². The van der Waals surface area contributed by atoms with E-state index in [1.807, 2.05) is 20.8 Å². The van der Waals surface area contributed by atoms with Crippen molar-refractivity contribution in [3.05, 3.63) is 10.0 Å². The largest absolute Gasteiger partial charge is 0.370 e. The minimum absolute atomic E-state index is 0.0365. The molecule has 0 aliphatic carbocycles. The van der Waals surface area contributed by atoms with Crippen molar-refractivity contribution in [2.75, 3.05) is 0 Å². The average Bonchev–Trinajstić information content (AvgIpc) is 2.59. The lowest BCUT2D eigenvalue weighted by Gasteiger charge is -2.20. The van der Waals surface area contributed by atoms with Crippen LogP contribution >= 0.6 is 11.3 Å². The summed E-state index contributed by atoms with van der Waals surface area (Å²) in [6.07, 6.45) is 0. The first-order chi connectivity index (χ1) is 8.08. The Morgan fingerprint density at radius 3 is 2.28 bits per heavy atom. The number of hydrogen-bond donors (Lipinski definition) is 2. The highest BCUT2D eigenvalue weighted by molar-refractivity contribution is 7.11. The Hall–Kier alpha value is -1.17. The normalized spacial score (nSPS) is 13.8. The molecule has 1 aromatic rings. The summed E-state index contributed by atoms with van der Waals surface area (Å²) in [6.45, 7) is 13.0. The van der Waals surface area contributed by atoms with Crippen molar-refractivity contribution < 1.29 is 0 Å². The van der Waals surface area contributed by atoms with Crippen LogP contribution in [0.25, 0.3) is 0 Å². The zero-order valence-corrected chi connectivity index (χ0v) is 12.9. The Morgan fingerprint density at radius 1 is 1.22 bits per heavy atom. The summed E-state index contributed by atoms with van der Waals surface area (Å²) in [5.41, 5.74) is 5.75. The quantitative estimate of drug-likeness (QED) is 0.636. The number of guanidine groups is 1. The molecule has 0 atom stereocenters. The van der Waals surface area contributed by atoms with Gasteiger partial charge in [-0.25, -0.2) is 4.99 Å². The second-order valence-corrected chi connectivity index (χ2v) is 7.39. The summed E-state index contributed by atoms with van der Waals surface area (Å²) in [4.78, 5) is 4.27. The summed E-state index contributed by atoms with van der Waals surface area (Å²) in [5.74, 6) is 0.440. The molecule has 1 aromatic heterocycles. The lowest BCUT2D eigenvalue weighted by Crippen LogP contribution is -2.44. The van der Waals surface area contributed by atoms with E-state index in [0.29, 0.717) is 12.5 Å². The standard InChI is InChI=1S/C12H23N5S/c1-11(2,3)9-17-16-8(18-9)7-14-10(13)15-12(4,5)6/h7H2,1-6H3,(H3,13,14,15). The van der Waals surface area contributed by atoms with Crippen LogP contribution in [0.3, 0.4) is 0 Å². The van der Waals surface area contributed by atoms with E-state index in [4.69, 9.17) is 5.73 Å². The van der Waals surface area contributed by atoms with E-state index >= 15 is 0 Å². The molecule has 3 N–H and O–H groups in total. The molecule has 0 fully saturated rings. The van der Waals surface area contributed by atoms with E-state index in [1.54, 1.807) is 11.3 Å². The highest BCUT2D eigenvalue weighted by Gasteiger charge is 2.19. The van der Waals surface area contributed by atoms with E-state index in [-0.39, 0.29) is 11.0 Å².